The smallest absolute Gasteiger partial charge is 0.238 e. The molecule has 2 atom stereocenters. The Bertz CT molecular complexity index is 257. The lowest BCUT2D eigenvalue weighted by Crippen LogP contribution is -2.41. The van der Waals surface area contributed by atoms with Gasteiger partial charge in [-0.05, 0) is 12.8 Å². The molecule has 0 unspecified atom stereocenters. The van der Waals surface area contributed by atoms with Crippen molar-refractivity contribution in [1.29, 1.82) is 0 Å². The predicted molar refractivity (Wildman–Crippen MR) is 61.6 cm³/mol. The van der Waals surface area contributed by atoms with Gasteiger partial charge in [0.15, 0.2) is 0 Å². The molecule has 92 valence electrons. The number of aliphatic hydroxyl groups is 1. The van der Waals surface area contributed by atoms with Crippen molar-refractivity contribution < 1.29 is 9.90 Å². The first kappa shape index (κ1) is 11.9. The van der Waals surface area contributed by atoms with Gasteiger partial charge in [0, 0.05) is 19.0 Å². The van der Waals surface area contributed by atoms with Crippen molar-refractivity contribution >= 4 is 5.91 Å². The molecule has 0 aliphatic carbocycles. The van der Waals surface area contributed by atoms with Crippen LogP contribution in [0.25, 0.3) is 0 Å². The second-order valence-corrected chi connectivity index (χ2v) is 4.87. The van der Waals surface area contributed by atoms with Gasteiger partial charge in [-0.2, -0.15) is 0 Å². The second kappa shape index (κ2) is 5.15. The van der Waals surface area contributed by atoms with Crippen LogP contribution >= 0.6 is 0 Å². The van der Waals surface area contributed by atoms with E-state index in [1.807, 2.05) is 5.01 Å². The van der Waals surface area contributed by atoms with Gasteiger partial charge in [-0.3, -0.25) is 9.80 Å². The summed E-state index contributed by atoms with van der Waals surface area (Å²) in [6.45, 7) is 3.16. The average molecular weight is 226 g/mol. The molecule has 2 saturated heterocycles. The maximum absolute atomic E-state index is 11.7. The monoisotopic (exact) mass is 226 g/mol. The van der Waals surface area contributed by atoms with Crippen LogP contribution in [0.3, 0.4) is 0 Å². The zero-order chi connectivity index (χ0) is 11.5. The minimum absolute atomic E-state index is 0.0432. The van der Waals surface area contributed by atoms with E-state index in [1.165, 1.54) is 19.3 Å². The van der Waals surface area contributed by atoms with E-state index >= 15 is 0 Å². The molecule has 16 heavy (non-hydrogen) atoms. The number of hydrogen-bond acceptors (Lipinski definition) is 3. The van der Waals surface area contributed by atoms with E-state index in [2.05, 4.69) is 11.9 Å². The Kier molecular flexibility index (Phi) is 3.82. The van der Waals surface area contributed by atoms with Gasteiger partial charge in [0.25, 0.3) is 0 Å². The molecule has 2 fully saturated rings. The molecule has 0 aromatic heterocycles. The zero-order valence-electron chi connectivity index (χ0n) is 10.1. The van der Waals surface area contributed by atoms with Crippen LogP contribution in [-0.4, -0.2) is 46.3 Å². The molecular formula is C12H22N2O2. The highest BCUT2D eigenvalue weighted by Crippen LogP contribution is 2.32. The van der Waals surface area contributed by atoms with Crippen LogP contribution in [0.5, 0.6) is 0 Å². The van der Waals surface area contributed by atoms with Crippen molar-refractivity contribution in [3.8, 4) is 0 Å². The fraction of sp³-hybridized carbons (Fsp3) is 0.917. The molecule has 0 radical (unpaired) electrons. The summed E-state index contributed by atoms with van der Waals surface area (Å²) >= 11 is 0. The molecule has 1 amide bonds. The van der Waals surface area contributed by atoms with Crippen LogP contribution < -0.4 is 0 Å². The number of carbonyl (C=O) groups excluding carboxylic acids is 1. The fourth-order valence-corrected chi connectivity index (χ4v) is 2.93. The summed E-state index contributed by atoms with van der Waals surface area (Å²) in [5, 5.41) is 13.3. The summed E-state index contributed by atoms with van der Waals surface area (Å²) < 4.78 is 0. The van der Waals surface area contributed by atoms with Gasteiger partial charge in [-0.1, -0.05) is 26.2 Å². The van der Waals surface area contributed by atoms with Crippen LogP contribution in [-0.2, 0) is 4.79 Å². The van der Waals surface area contributed by atoms with Crippen LogP contribution in [0, 0.1) is 0 Å². The van der Waals surface area contributed by atoms with Crippen molar-refractivity contribution in [3.63, 3.8) is 0 Å². The molecule has 0 saturated carbocycles. The zero-order valence-corrected chi connectivity index (χ0v) is 10.1. The number of carbonyl (C=O) groups is 1. The lowest BCUT2D eigenvalue weighted by Gasteiger charge is -2.26. The summed E-state index contributed by atoms with van der Waals surface area (Å²) in [4.78, 5) is 11.7. The third-order valence-electron chi connectivity index (χ3n) is 3.75. The minimum atomic E-state index is 0.0432. The molecule has 1 N–H and O–H groups in total. The lowest BCUT2D eigenvalue weighted by molar-refractivity contribution is -0.139. The van der Waals surface area contributed by atoms with Crippen molar-refractivity contribution in [1.82, 2.24) is 10.0 Å². The third-order valence-corrected chi connectivity index (χ3v) is 3.75. The highest BCUT2D eigenvalue weighted by molar-refractivity contribution is 5.78. The van der Waals surface area contributed by atoms with E-state index in [0.29, 0.717) is 12.5 Å². The van der Waals surface area contributed by atoms with Crippen molar-refractivity contribution in [3.05, 3.63) is 0 Å². The Labute approximate surface area is 97.2 Å². The molecule has 0 bridgehead atoms. The van der Waals surface area contributed by atoms with Crippen molar-refractivity contribution in [2.45, 2.75) is 57.5 Å². The highest BCUT2D eigenvalue weighted by atomic mass is 16.3. The fourth-order valence-electron chi connectivity index (χ4n) is 2.93. The summed E-state index contributed by atoms with van der Waals surface area (Å²) in [7, 11) is 0. The van der Waals surface area contributed by atoms with Gasteiger partial charge < -0.3 is 5.11 Å². The average Bonchev–Trinajstić information content (AvgIpc) is 2.82. The molecule has 2 heterocycles. The first-order chi connectivity index (χ1) is 7.77. The number of aliphatic hydroxyl groups excluding tert-OH is 1. The molecule has 2 aliphatic heterocycles. The van der Waals surface area contributed by atoms with E-state index in [0.717, 1.165) is 19.4 Å². The predicted octanol–water partition coefficient (Wildman–Crippen LogP) is 1.15. The molecule has 4 nitrogen and oxygen atoms in total. The molecule has 0 aromatic carbocycles. The Morgan fingerprint density at radius 2 is 2.19 bits per heavy atom. The first-order valence-corrected chi connectivity index (χ1v) is 6.47. The number of hydrazine groups is 1. The Balaban J connectivity index is 1.93. The highest BCUT2D eigenvalue weighted by Gasteiger charge is 2.44. The summed E-state index contributed by atoms with van der Waals surface area (Å²) in [5.74, 6) is 0.192. The Morgan fingerprint density at radius 1 is 1.38 bits per heavy atom. The van der Waals surface area contributed by atoms with Gasteiger partial charge in [0.2, 0.25) is 5.91 Å². The molecule has 0 spiro atoms. The van der Waals surface area contributed by atoms with Crippen LogP contribution in [0.15, 0.2) is 0 Å². The minimum Gasteiger partial charge on any atom is -0.394 e. The van der Waals surface area contributed by atoms with E-state index < -0.39 is 0 Å². The Morgan fingerprint density at radius 3 is 2.88 bits per heavy atom. The van der Waals surface area contributed by atoms with Gasteiger partial charge >= 0.3 is 0 Å². The number of fused-ring (bicyclic) bond motifs is 1. The first-order valence-electron chi connectivity index (χ1n) is 6.47. The quantitative estimate of drug-likeness (QED) is 0.715. The molecule has 0 aromatic rings. The molecule has 2 rings (SSSR count). The molecule has 4 heteroatoms. The van der Waals surface area contributed by atoms with Crippen LogP contribution in [0.2, 0.25) is 0 Å². The summed E-state index contributed by atoms with van der Waals surface area (Å²) in [5.41, 5.74) is 0. The maximum atomic E-state index is 11.7. The topological polar surface area (TPSA) is 43.8 Å². The standard InChI is InChI=1S/C12H22N2O2/c1-2-3-4-5-10-8-11(9-15)14-12(16)6-7-13(10)14/h10-11,15H,2-9H2,1H3/t10-,11+/m0/s1. The number of nitrogens with zero attached hydrogens (tertiary/aromatic N) is 2. The lowest BCUT2D eigenvalue weighted by atomic mass is 10.0. The summed E-state index contributed by atoms with van der Waals surface area (Å²) in [6, 6.07) is 0.525. The maximum Gasteiger partial charge on any atom is 0.238 e. The van der Waals surface area contributed by atoms with Gasteiger partial charge in [-0.25, -0.2) is 5.01 Å². The SMILES string of the molecule is CCCCC[C@H]1C[C@H](CO)N2C(=O)CCN12. The van der Waals surface area contributed by atoms with Gasteiger partial charge in [-0.15, -0.1) is 0 Å². The third kappa shape index (κ3) is 2.09. The molecule has 2 aliphatic rings. The molecular weight excluding hydrogens is 204 g/mol. The normalized spacial score (nSPS) is 30.1. The van der Waals surface area contributed by atoms with Crippen molar-refractivity contribution in [2.24, 2.45) is 0 Å². The summed E-state index contributed by atoms with van der Waals surface area (Å²) in [6.07, 6.45) is 6.47. The number of hydrogen-bond donors (Lipinski definition) is 1. The van der Waals surface area contributed by atoms with E-state index in [9.17, 15) is 9.90 Å². The second-order valence-electron chi connectivity index (χ2n) is 4.87. The Hall–Kier alpha value is -0.610. The largest absolute Gasteiger partial charge is 0.394 e. The van der Waals surface area contributed by atoms with E-state index in [-0.39, 0.29) is 18.6 Å². The van der Waals surface area contributed by atoms with E-state index in [1.54, 1.807) is 0 Å². The van der Waals surface area contributed by atoms with Gasteiger partial charge in [0.1, 0.15) is 0 Å². The number of unbranched alkanes of at least 4 members (excludes halogenated alkanes) is 2. The van der Waals surface area contributed by atoms with Gasteiger partial charge in [0.05, 0.1) is 12.6 Å². The number of rotatable bonds is 5. The van der Waals surface area contributed by atoms with Crippen molar-refractivity contribution in [2.75, 3.05) is 13.2 Å². The van der Waals surface area contributed by atoms with E-state index in [4.69, 9.17) is 0 Å². The van der Waals surface area contributed by atoms with Crippen LogP contribution in [0.4, 0.5) is 0 Å². The van der Waals surface area contributed by atoms with Crippen LogP contribution in [0.1, 0.15) is 45.4 Å². The number of amides is 1.